The van der Waals surface area contributed by atoms with Gasteiger partial charge in [0.2, 0.25) is 0 Å². The van der Waals surface area contributed by atoms with E-state index in [1.165, 1.54) is 0 Å². The summed E-state index contributed by atoms with van der Waals surface area (Å²) < 4.78 is 5.29. The summed E-state index contributed by atoms with van der Waals surface area (Å²) in [5.74, 6) is 3.94. The molecule has 0 aromatic heterocycles. The highest BCUT2D eigenvalue weighted by molar-refractivity contribution is 5.94. The standard InChI is InChI=1S/C16H19NO2/c1-3-12-19-15-6-4-14(5-7-15)16(18)17-10-8-13(2)9-11-17/h1,4-7,13H,8-12H2,2H3. The topological polar surface area (TPSA) is 29.5 Å². The van der Waals surface area contributed by atoms with Gasteiger partial charge in [-0.15, -0.1) is 6.42 Å². The lowest BCUT2D eigenvalue weighted by molar-refractivity contribution is 0.0697. The third-order valence-electron chi connectivity index (χ3n) is 3.49. The van der Waals surface area contributed by atoms with E-state index >= 15 is 0 Å². The fourth-order valence-corrected chi connectivity index (χ4v) is 2.21. The van der Waals surface area contributed by atoms with Crippen LogP contribution in [-0.2, 0) is 0 Å². The minimum absolute atomic E-state index is 0.107. The van der Waals surface area contributed by atoms with Crippen LogP contribution in [0.25, 0.3) is 0 Å². The van der Waals surface area contributed by atoms with Gasteiger partial charge in [0.25, 0.3) is 5.91 Å². The SMILES string of the molecule is C#CCOc1ccc(C(=O)N2CCC(C)CC2)cc1. The Bertz CT molecular complexity index is 465. The largest absolute Gasteiger partial charge is 0.481 e. The molecule has 0 bridgehead atoms. The maximum atomic E-state index is 12.3. The first-order valence-electron chi connectivity index (χ1n) is 6.66. The van der Waals surface area contributed by atoms with Crippen LogP contribution < -0.4 is 4.74 Å². The summed E-state index contributed by atoms with van der Waals surface area (Å²) in [5.41, 5.74) is 0.711. The first kappa shape index (κ1) is 13.5. The van der Waals surface area contributed by atoms with E-state index in [0.717, 1.165) is 31.8 Å². The zero-order valence-electron chi connectivity index (χ0n) is 11.3. The average Bonchev–Trinajstić information content (AvgIpc) is 2.46. The molecule has 3 nitrogen and oxygen atoms in total. The van der Waals surface area contributed by atoms with Gasteiger partial charge < -0.3 is 9.64 Å². The number of piperidine rings is 1. The lowest BCUT2D eigenvalue weighted by atomic mass is 9.98. The Labute approximate surface area is 114 Å². The molecule has 1 aromatic carbocycles. The maximum absolute atomic E-state index is 12.3. The van der Waals surface area contributed by atoms with Crippen molar-refractivity contribution in [2.45, 2.75) is 19.8 Å². The number of amides is 1. The lowest BCUT2D eigenvalue weighted by Gasteiger charge is -2.30. The van der Waals surface area contributed by atoms with Crippen molar-refractivity contribution in [1.29, 1.82) is 0 Å². The number of terminal acetylenes is 1. The minimum Gasteiger partial charge on any atom is -0.481 e. The summed E-state index contributed by atoms with van der Waals surface area (Å²) in [4.78, 5) is 14.2. The molecule has 0 atom stereocenters. The van der Waals surface area contributed by atoms with E-state index in [0.29, 0.717) is 11.3 Å². The average molecular weight is 257 g/mol. The smallest absolute Gasteiger partial charge is 0.253 e. The highest BCUT2D eigenvalue weighted by atomic mass is 16.5. The number of carbonyl (C=O) groups is 1. The Morgan fingerprint density at radius 1 is 1.37 bits per heavy atom. The molecule has 3 heteroatoms. The number of benzene rings is 1. The van der Waals surface area contributed by atoms with Crippen molar-refractivity contribution in [3.63, 3.8) is 0 Å². The molecule has 1 aliphatic heterocycles. The van der Waals surface area contributed by atoms with Gasteiger partial charge in [0.1, 0.15) is 12.4 Å². The van der Waals surface area contributed by atoms with Crippen LogP contribution in [0, 0.1) is 18.3 Å². The second-order valence-corrected chi connectivity index (χ2v) is 4.99. The van der Waals surface area contributed by atoms with Crippen molar-refractivity contribution >= 4 is 5.91 Å². The number of nitrogens with zero attached hydrogens (tertiary/aromatic N) is 1. The first-order chi connectivity index (χ1) is 9.20. The molecule has 100 valence electrons. The number of hydrogen-bond donors (Lipinski definition) is 0. The predicted octanol–water partition coefficient (Wildman–Crippen LogP) is 2.57. The van der Waals surface area contributed by atoms with Crippen molar-refractivity contribution in [1.82, 2.24) is 4.90 Å². The third-order valence-corrected chi connectivity index (χ3v) is 3.49. The molecule has 0 unspecified atom stereocenters. The van der Waals surface area contributed by atoms with Gasteiger partial charge in [-0.05, 0) is 43.0 Å². The van der Waals surface area contributed by atoms with Gasteiger partial charge >= 0.3 is 0 Å². The summed E-state index contributed by atoms with van der Waals surface area (Å²) in [5, 5.41) is 0. The maximum Gasteiger partial charge on any atom is 0.253 e. The molecule has 1 saturated heterocycles. The molecule has 1 aliphatic rings. The normalized spacial score (nSPS) is 15.9. The summed E-state index contributed by atoms with van der Waals surface area (Å²) >= 11 is 0. The molecule has 0 aliphatic carbocycles. The zero-order valence-corrected chi connectivity index (χ0v) is 11.3. The van der Waals surface area contributed by atoms with Crippen molar-refractivity contribution in [2.75, 3.05) is 19.7 Å². The lowest BCUT2D eigenvalue weighted by Crippen LogP contribution is -2.37. The second-order valence-electron chi connectivity index (χ2n) is 4.99. The van der Waals surface area contributed by atoms with Crippen molar-refractivity contribution in [3.8, 4) is 18.1 Å². The summed E-state index contributed by atoms with van der Waals surface area (Å²) in [6, 6.07) is 7.17. The Hall–Kier alpha value is -1.95. The number of likely N-dealkylation sites (tertiary alicyclic amines) is 1. The van der Waals surface area contributed by atoms with Crippen LogP contribution in [0.2, 0.25) is 0 Å². The Balaban J connectivity index is 1.97. The molecule has 19 heavy (non-hydrogen) atoms. The molecule has 0 saturated carbocycles. The predicted molar refractivity (Wildman–Crippen MR) is 75.1 cm³/mol. The Kier molecular flexibility index (Phi) is 4.46. The molecule has 1 amide bonds. The monoisotopic (exact) mass is 257 g/mol. The van der Waals surface area contributed by atoms with Crippen LogP contribution in [0.15, 0.2) is 24.3 Å². The summed E-state index contributed by atoms with van der Waals surface area (Å²) in [6.07, 6.45) is 7.31. The highest BCUT2D eigenvalue weighted by Crippen LogP contribution is 2.19. The van der Waals surface area contributed by atoms with Gasteiger partial charge in [0.15, 0.2) is 0 Å². The molecule has 2 rings (SSSR count). The molecule has 1 aromatic rings. The molecule has 0 radical (unpaired) electrons. The number of ether oxygens (including phenoxy) is 1. The first-order valence-corrected chi connectivity index (χ1v) is 6.66. The fourth-order valence-electron chi connectivity index (χ4n) is 2.21. The van der Waals surface area contributed by atoms with Crippen molar-refractivity contribution in [2.24, 2.45) is 5.92 Å². The number of hydrogen-bond acceptors (Lipinski definition) is 2. The second kappa shape index (κ2) is 6.29. The Morgan fingerprint density at radius 2 is 2.00 bits per heavy atom. The van der Waals surface area contributed by atoms with Crippen LogP contribution in [-0.4, -0.2) is 30.5 Å². The van der Waals surface area contributed by atoms with E-state index < -0.39 is 0 Å². The number of carbonyl (C=O) groups excluding carboxylic acids is 1. The minimum atomic E-state index is 0.107. The molecule has 0 spiro atoms. The molecule has 1 fully saturated rings. The van der Waals surface area contributed by atoms with Gasteiger partial charge in [-0.3, -0.25) is 4.79 Å². The van der Waals surface area contributed by atoms with E-state index in [2.05, 4.69) is 12.8 Å². The van der Waals surface area contributed by atoms with Crippen molar-refractivity contribution in [3.05, 3.63) is 29.8 Å². The fraction of sp³-hybridized carbons (Fsp3) is 0.438. The van der Waals surface area contributed by atoms with Crippen molar-refractivity contribution < 1.29 is 9.53 Å². The van der Waals surface area contributed by atoms with Gasteiger partial charge in [-0.2, -0.15) is 0 Å². The van der Waals surface area contributed by atoms with E-state index in [4.69, 9.17) is 11.2 Å². The van der Waals surface area contributed by atoms with Gasteiger partial charge in [0.05, 0.1) is 0 Å². The van der Waals surface area contributed by atoms with E-state index in [1.807, 2.05) is 4.90 Å². The highest BCUT2D eigenvalue weighted by Gasteiger charge is 2.21. The summed E-state index contributed by atoms with van der Waals surface area (Å²) in [6.45, 7) is 4.20. The van der Waals surface area contributed by atoms with E-state index in [-0.39, 0.29) is 12.5 Å². The molecule has 1 heterocycles. The van der Waals surface area contributed by atoms with Gasteiger partial charge in [0, 0.05) is 18.7 Å². The van der Waals surface area contributed by atoms with Crippen LogP contribution in [0.1, 0.15) is 30.1 Å². The quantitative estimate of drug-likeness (QED) is 0.779. The Morgan fingerprint density at radius 3 is 2.58 bits per heavy atom. The van der Waals surface area contributed by atoms with Gasteiger partial charge in [-0.25, -0.2) is 0 Å². The molecular weight excluding hydrogens is 238 g/mol. The zero-order chi connectivity index (χ0) is 13.7. The van der Waals surface area contributed by atoms with E-state index in [1.54, 1.807) is 24.3 Å². The van der Waals surface area contributed by atoms with Crippen LogP contribution in [0.4, 0.5) is 0 Å². The van der Waals surface area contributed by atoms with E-state index in [9.17, 15) is 4.79 Å². The molecule has 0 N–H and O–H groups in total. The van der Waals surface area contributed by atoms with Gasteiger partial charge in [-0.1, -0.05) is 12.8 Å². The van der Waals surface area contributed by atoms with Crippen LogP contribution in [0.5, 0.6) is 5.75 Å². The van der Waals surface area contributed by atoms with Crippen LogP contribution >= 0.6 is 0 Å². The summed E-state index contributed by atoms with van der Waals surface area (Å²) in [7, 11) is 0. The third kappa shape index (κ3) is 3.51. The number of rotatable bonds is 3. The van der Waals surface area contributed by atoms with Crippen LogP contribution in [0.3, 0.4) is 0 Å². The molecular formula is C16H19NO2.